The van der Waals surface area contributed by atoms with E-state index in [1.54, 1.807) is 23.1 Å². The van der Waals surface area contributed by atoms with Gasteiger partial charge in [0.1, 0.15) is 5.60 Å². The number of nitrogens with one attached hydrogen (secondary N) is 1. The summed E-state index contributed by atoms with van der Waals surface area (Å²) in [7, 11) is -3.70. The first kappa shape index (κ1) is 25.5. The van der Waals surface area contributed by atoms with E-state index in [-0.39, 0.29) is 16.6 Å². The topological polar surface area (TPSA) is 99.3 Å². The average molecular weight is 481 g/mol. The van der Waals surface area contributed by atoms with Gasteiger partial charge in [-0.05, 0) is 45.7 Å². The molecule has 1 N–H and O–H groups in total. The molecule has 33 heavy (non-hydrogen) atoms. The maximum Gasteiger partial charge on any atom is 0.410 e. The molecule has 0 bridgehead atoms. The van der Waals surface area contributed by atoms with E-state index in [1.165, 1.54) is 10.4 Å². The first-order valence-electron chi connectivity index (χ1n) is 11.7. The first-order chi connectivity index (χ1) is 15.6. The quantitative estimate of drug-likeness (QED) is 0.670. The van der Waals surface area contributed by atoms with Crippen LogP contribution < -0.4 is 5.32 Å². The van der Waals surface area contributed by atoms with Gasteiger partial charge in [-0.25, -0.2) is 13.2 Å². The molecule has 0 atom stereocenters. The third-order valence-corrected chi connectivity index (χ3v) is 7.76. The summed E-state index contributed by atoms with van der Waals surface area (Å²) in [4.78, 5) is 28.9. The minimum atomic E-state index is -3.70. The molecule has 2 heterocycles. The molecule has 0 saturated carbocycles. The number of hydrogen-bond donors (Lipinski definition) is 1. The van der Waals surface area contributed by atoms with Crippen LogP contribution in [0, 0.1) is 0 Å². The summed E-state index contributed by atoms with van der Waals surface area (Å²) in [5.74, 6) is -0.390. The molecular weight excluding hydrogens is 444 g/mol. The zero-order valence-electron chi connectivity index (χ0n) is 19.9. The molecule has 0 radical (unpaired) electrons. The molecule has 0 aliphatic carbocycles. The molecule has 9 nitrogen and oxygen atoms in total. The third kappa shape index (κ3) is 6.91. The second kappa shape index (κ2) is 10.8. The highest BCUT2D eigenvalue weighted by molar-refractivity contribution is 7.89. The second-order valence-corrected chi connectivity index (χ2v) is 11.4. The lowest BCUT2D eigenvalue weighted by molar-refractivity contribution is 0.0147. The second-order valence-electron chi connectivity index (χ2n) is 9.53. The molecule has 2 saturated heterocycles. The van der Waals surface area contributed by atoms with Crippen LogP contribution in [0.5, 0.6) is 0 Å². The molecule has 10 heteroatoms. The van der Waals surface area contributed by atoms with Crippen LogP contribution in [-0.2, 0) is 14.8 Å². The summed E-state index contributed by atoms with van der Waals surface area (Å²) in [6, 6.07) is 6.40. The van der Waals surface area contributed by atoms with Gasteiger partial charge in [0, 0.05) is 52.4 Å². The van der Waals surface area contributed by atoms with Crippen molar-refractivity contribution in [2.75, 3.05) is 52.4 Å². The Morgan fingerprint density at radius 1 is 0.970 bits per heavy atom. The Bertz CT molecular complexity index is 930. The van der Waals surface area contributed by atoms with Crippen LogP contribution in [-0.4, -0.2) is 92.5 Å². The van der Waals surface area contributed by atoms with E-state index in [1.807, 2.05) is 20.8 Å². The molecule has 2 aliphatic rings. The van der Waals surface area contributed by atoms with Gasteiger partial charge in [0.2, 0.25) is 10.0 Å². The van der Waals surface area contributed by atoms with Crippen LogP contribution in [0.1, 0.15) is 50.4 Å². The van der Waals surface area contributed by atoms with Gasteiger partial charge >= 0.3 is 6.09 Å². The van der Waals surface area contributed by atoms with Gasteiger partial charge in [-0.3, -0.25) is 9.69 Å². The number of piperazine rings is 1. The minimum Gasteiger partial charge on any atom is -0.444 e. The molecule has 0 aromatic heterocycles. The van der Waals surface area contributed by atoms with Crippen LogP contribution in [0.25, 0.3) is 0 Å². The predicted molar refractivity (Wildman–Crippen MR) is 126 cm³/mol. The van der Waals surface area contributed by atoms with E-state index in [2.05, 4.69) is 10.2 Å². The van der Waals surface area contributed by atoms with Crippen molar-refractivity contribution in [3.8, 4) is 0 Å². The Balaban J connectivity index is 1.51. The van der Waals surface area contributed by atoms with Gasteiger partial charge in [-0.15, -0.1) is 0 Å². The third-order valence-electron chi connectivity index (χ3n) is 5.80. The van der Waals surface area contributed by atoms with Crippen molar-refractivity contribution >= 4 is 22.0 Å². The maximum absolute atomic E-state index is 13.1. The van der Waals surface area contributed by atoms with E-state index < -0.39 is 21.5 Å². The molecule has 2 aliphatic heterocycles. The Labute approximate surface area is 197 Å². The standard InChI is InChI=1S/C23H36N4O5S/c1-23(2,3)32-22(29)26-17-15-25(16-18-26)14-11-24-21(28)19-9-5-6-10-20(19)33(30,31)27-12-7-4-8-13-27/h5-6,9-10H,4,7-8,11-18H2,1-3H3,(H,24,28). The molecule has 0 spiro atoms. The monoisotopic (exact) mass is 480 g/mol. The first-order valence-corrected chi connectivity index (χ1v) is 13.1. The summed E-state index contributed by atoms with van der Waals surface area (Å²) < 4.78 is 33.1. The summed E-state index contributed by atoms with van der Waals surface area (Å²) in [6.07, 6.45) is 2.41. The highest BCUT2D eigenvalue weighted by Gasteiger charge is 2.30. The highest BCUT2D eigenvalue weighted by Crippen LogP contribution is 2.23. The van der Waals surface area contributed by atoms with Crippen LogP contribution >= 0.6 is 0 Å². The van der Waals surface area contributed by atoms with Crippen LogP contribution in [0.4, 0.5) is 4.79 Å². The molecule has 184 valence electrons. The Kier molecular flexibility index (Phi) is 8.36. The number of nitrogens with zero attached hydrogens (tertiary/aromatic N) is 3. The van der Waals surface area contributed by atoms with Crippen LogP contribution in [0.2, 0.25) is 0 Å². The van der Waals surface area contributed by atoms with E-state index >= 15 is 0 Å². The largest absolute Gasteiger partial charge is 0.444 e. The molecule has 1 aromatic carbocycles. The Morgan fingerprint density at radius 2 is 1.61 bits per heavy atom. The average Bonchev–Trinajstić information content (AvgIpc) is 2.79. The summed E-state index contributed by atoms with van der Waals surface area (Å²) in [5, 5.41) is 2.86. The van der Waals surface area contributed by atoms with Crippen molar-refractivity contribution in [1.29, 1.82) is 0 Å². The van der Waals surface area contributed by atoms with Crippen molar-refractivity contribution in [3.05, 3.63) is 29.8 Å². The minimum absolute atomic E-state index is 0.0652. The van der Waals surface area contributed by atoms with Crippen molar-refractivity contribution < 1.29 is 22.7 Å². The number of hydrogen-bond acceptors (Lipinski definition) is 6. The fourth-order valence-electron chi connectivity index (χ4n) is 4.03. The Morgan fingerprint density at radius 3 is 2.24 bits per heavy atom. The number of sulfonamides is 1. The fourth-order valence-corrected chi connectivity index (χ4v) is 5.73. The normalized spacial score (nSPS) is 18.7. The number of carbonyl (C=O) groups excluding carboxylic acids is 2. The van der Waals surface area contributed by atoms with Crippen molar-refractivity contribution in [2.24, 2.45) is 0 Å². The van der Waals surface area contributed by atoms with Gasteiger partial charge in [0.05, 0.1) is 10.5 Å². The van der Waals surface area contributed by atoms with Gasteiger partial charge < -0.3 is 15.0 Å². The zero-order chi connectivity index (χ0) is 24.1. The van der Waals surface area contributed by atoms with Crippen molar-refractivity contribution in [3.63, 3.8) is 0 Å². The summed E-state index contributed by atoms with van der Waals surface area (Å²) >= 11 is 0. The number of piperidine rings is 1. The molecule has 3 rings (SSSR count). The SMILES string of the molecule is CC(C)(C)OC(=O)N1CCN(CCNC(=O)c2ccccc2S(=O)(=O)N2CCCCC2)CC1. The van der Waals surface area contributed by atoms with Gasteiger partial charge in [-0.1, -0.05) is 18.6 Å². The molecule has 0 unspecified atom stereocenters. The van der Waals surface area contributed by atoms with E-state index in [4.69, 9.17) is 4.74 Å². The van der Waals surface area contributed by atoms with Crippen molar-refractivity contribution in [2.45, 2.75) is 50.5 Å². The maximum atomic E-state index is 13.1. The highest BCUT2D eigenvalue weighted by atomic mass is 32.2. The van der Waals surface area contributed by atoms with Gasteiger partial charge in [0.15, 0.2) is 0 Å². The van der Waals surface area contributed by atoms with Crippen LogP contribution in [0.3, 0.4) is 0 Å². The summed E-state index contributed by atoms with van der Waals surface area (Å²) in [5.41, 5.74) is -0.339. The number of amides is 2. The number of rotatable bonds is 6. The number of ether oxygens (including phenoxy) is 1. The summed E-state index contributed by atoms with van der Waals surface area (Å²) in [6.45, 7) is 10.1. The van der Waals surface area contributed by atoms with E-state index in [0.29, 0.717) is 52.4 Å². The van der Waals surface area contributed by atoms with Crippen LogP contribution in [0.15, 0.2) is 29.2 Å². The molecule has 2 fully saturated rings. The molecule has 1 aromatic rings. The Hall–Kier alpha value is -2.17. The predicted octanol–water partition coefficient (Wildman–Crippen LogP) is 2.14. The van der Waals surface area contributed by atoms with Gasteiger partial charge in [0.25, 0.3) is 5.91 Å². The number of benzene rings is 1. The lowest BCUT2D eigenvalue weighted by Gasteiger charge is -2.35. The molecular formula is C23H36N4O5S. The lowest BCUT2D eigenvalue weighted by Crippen LogP contribution is -2.51. The van der Waals surface area contributed by atoms with E-state index in [0.717, 1.165) is 19.3 Å². The van der Waals surface area contributed by atoms with Gasteiger partial charge in [-0.2, -0.15) is 4.31 Å². The fraction of sp³-hybridized carbons (Fsp3) is 0.652. The number of carbonyl (C=O) groups is 2. The van der Waals surface area contributed by atoms with E-state index in [9.17, 15) is 18.0 Å². The zero-order valence-corrected chi connectivity index (χ0v) is 20.7. The van der Waals surface area contributed by atoms with Crippen molar-refractivity contribution in [1.82, 2.24) is 19.4 Å². The molecule has 2 amide bonds. The smallest absolute Gasteiger partial charge is 0.410 e. The lowest BCUT2D eigenvalue weighted by atomic mass is 10.2.